The Morgan fingerprint density at radius 1 is 1.33 bits per heavy atom. The fourth-order valence-electron chi connectivity index (χ4n) is 3.09. The molecular formula is C20H22N4O6. The molecule has 0 saturated heterocycles. The van der Waals surface area contributed by atoms with E-state index in [-0.39, 0.29) is 11.6 Å². The highest BCUT2D eigenvalue weighted by Gasteiger charge is 2.42. The molecule has 0 radical (unpaired) electrons. The van der Waals surface area contributed by atoms with Gasteiger partial charge in [0.05, 0.1) is 12.3 Å². The second-order valence-electron chi connectivity index (χ2n) is 6.57. The smallest absolute Gasteiger partial charge is 0.366 e. The van der Waals surface area contributed by atoms with E-state index in [1.54, 1.807) is 31.2 Å². The zero-order valence-corrected chi connectivity index (χ0v) is 16.8. The van der Waals surface area contributed by atoms with Gasteiger partial charge in [-0.1, -0.05) is 19.1 Å². The first-order valence-corrected chi connectivity index (χ1v) is 9.55. The van der Waals surface area contributed by atoms with E-state index in [0.29, 0.717) is 24.5 Å². The molecule has 1 aliphatic rings. The fourth-order valence-corrected chi connectivity index (χ4v) is 3.09. The third-order valence-electron chi connectivity index (χ3n) is 4.60. The number of ether oxygens (including phenoxy) is 2. The summed E-state index contributed by atoms with van der Waals surface area (Å²) in [6.07, 6.45) is -0.445. The van der Waals surface area contributed by atoms with Gasteiger partial charge in [-0.15, -0.1) is 0 Å². The quantitative estimate of drug-likeness (QED) is 0.546. The highest BCUT2D eigenvalue weighted by atomic mass is 16.6. The Bertz CT molecular complexity index is 980. The number of anilines is 2. The summed E-state index contributed by atoms with van der Waals surface area (Å²) in [6.45, 7) is 5.55. The van der Waals surface area contributed by atoms with Crippen LogP contribution < -0.4 is 19.7 Å². The van der Waals surface area contributed by atoms with Crippen LogP contribution in [-0.4, -0.2) is 40.5 Å². The molecule has 158 valence electrons. The van der Waals surface area contributed by atoms with Gasteiger partial charge in [0.15, 0.2) is 11.9 Å². The van der Waals surface area contributed by atoms with E-state index in [1.807, 2.05) is 6.92 Å². The molecule has 1 aromatic heterocycles. The second kappa shape index (κ2) is 8.76. The summed E-state index contributed by atoms with van der Waals surface area (Å²) in [5.74, 6) is -0.778. The van der Waals surface area contributed by atoms with Crippen LogP contribution in [0.3, 0.4) is 0 Å². The topological polar surface area (TPSA) is 124 Å². The Hall–Kier alpha value is -3.69. The van der Waals surface area contributed by atoms with Crippen LogP contribution in [0.1, 0.15) is 27.2 Å². The maximum absolute atomic E-state index is 13.0. The number of nitrogens with one attached hydrogen (secondary N) is 1. The number of amides is 2. The summed E-state index contributed by atoms with van der Waals surface area (Å²) >= 11 is 0. The fraction of sp³-hybridized carbons (Fsp3) is 0.350. The molecule has 1 aliphatic heterocycles. The molecule has 1 aromatic carbocycles. The summed E-state index contributed by atoms with van der Waals surface area (Å²) in [7, 11) is 0. The third kappa shape index (κ3) is 4.02. The number of nitrogens with zero attached hydrogens (tertiary/aromatic N) is 3. The van der Waals surface area contributed by atoms with Crippen LogP contribution in [0.25, 0.3) is 0 Å². The van der Waals surface area contributed by atoms with Gasteiger partial charge in [-0.25, -0.2) is 0 Å². The number of para-hydroxylation sites is 2. The zero-order chi connectivity index (χ0) is 21.8. The summed E-state index contributed by atoms with van der Waals surface area (Å²) < 4.78 is 11.1. The second-order valence-corrected chi connectivity index (χ2v) is 6.57. The number of nitro groups is 1. The van der Waals surface area contributed by atoms with Crippen molar-refractivity contribution in [3.05, 3.63) is 46.5 Å². The summed E-state index contributed by atoms with van der Waals surface area (Å²) in [4.78, 5) is 41.5. The lowest BCUT2D eigenvalue weighted by Gasteiger charge is -2.33. The van der Waals surface area contributed by atoms with E-state index >= 15 is 0 Å². The Balaban J connectivity index is 1.95. The van der Waals surface area contributed by atoms with Gasteiger partial charge in [0.25, 0.3) is 11.7 Å². The van der Waals surface area contributed by atoms with Crippen molar-refractivity contribution in [2.45, 2.75) is 39.3 Å². The molecule has 0 bridgehead atoms. The number of aromatic nitrogens is 1. The van der Waals surface area contributed by atoms with Crippen LogP contribution in [0.4, 0.5) is 17.3 Å². The number of carbonyl (C=O) groups is 2. The first-order chi connectivity index (χ1) is 14.4. The first kappa shape index (κ1) is 21.0. The number of pyridine rings is 1. The van der Waals surface area contributed by atoms with E-state index in [1.165, 1.54) is 19.1 Å². The number of benzene rings is 1. The lowest BCUT2D eigenvalue weighted by Crippen LogP contribution is -2.53. The molecule has 2 unspecified atom stereocenters. The Morgan fingerprint density at radius 3 is 2.73 bits per heavy atom. The molecule has 2 heterocycles. The van der Waals surface area contributed by atoms with E-state index in [2.05, 4.69) is 10.3 Å². The molecule has 3 rings (SSSR count). The lowest BCUT2D eigenvalue weighted by molar-refractivity contribution is -0.389. The molecule has 0 aliphatic carbocycles. The summed E-state index contributed by atoms with van der Waals surface area (Å²) in [5, 5.41) is 13.9. The number of rotatable bonds is 7. The highest BCUT2D eigenvalue weighted by Crippen LogP contribution is 2.36. The van der Waals surface area contributed by atoms with Crippen molar-refractivity contribution in [3.8, 4) is 11.5 Å². The van der Waals surface area contributed by atoms with Crippen molar-refractivity contribution >= 4 is 29.1 Å². The van der Waals surface area contributed by atoms with Crippen molar-refractivity contribution in [2.75, 3.05) is 16.8 Å². The van der Waals surface area contributed by atoms with Crippen LogP contribution >= 0.6 is 0 Å². The van der Waals surface area contributed by atoms with E-state index in [4.69, 9.17) is 9.47 Å². The predicted octanol–water partition coefficient (Wildman–Crippen LogP) is 2.92. The van der Waals surface area contributed by atoms with Gasteiger partial charge in [-0.05, 0) is 48.4 Å². The summed E-state index contributed by atoms with van der Waals surface area (Å²) in [6, 6.07) is 8.51. The lowest BCUT2D eigenvalue weighted by atomic mass is 10.1. The minimum Gasteiger partial charge on any atom is -0.492 e. The van der Waals surface area contributed by atoms with Gasteiger partial charge < -0.3 is 24.9 Å². The van der Waals surface area contributed by atoms with Crippen molar-refractivity contribution in [1.29, 1.82) is 0 Å². The van der Waals surface area contributed by atoms with Gasteiger partial charge in [0.1, 0.15) is 11.8 Å². The van der Waals surface area contributed by atoms with Crippen LogP contribution in [0, 0.1) is 10.1 Å². The van der Waals surface area contributed by atoms with Crippen LogP contribution in [0.5, 0.6) is 11.5 Å². The van der Waals surface area contributed by atoms with Gasteiger partial charge in [0, 0.05) is 6.07 Å². The normalized spacial score (nSPS) is 16.3. The molecule has 1 N–H and O–H groups in total. The highest BCUT2D eigenvalue weighted by molar-refractivity contribution is 6.07. The monoisotopic (exact) mass is 414 g/mol. The molecule has 2 aromatic rings. The number of hydrogen-bond acceptors (Lipinski definition) is 7. The number of carbonyl (C=O) groups excluding carboxylic acids is 2. The molecule has 0 fully saturated rings. The van der Waals surface area contributed by atoms with Crippen LogP contribution in [-0.2, 0) is 9.59 Å². The molecule has 30 heavy (non-hydrogen) atoms. The average Bonchev–Trinajstić information content (AvgIpc) is 2.74. The van der Waals surface area contributed by atoms with Crippen molar-refractivity contribution < 1.29 is 24.0 Å². The minimum atomic E-state index is -1.00. The van der Waals surface area contributed by atoms with Crippen LogP contribution in [0.2, 0.25) is 0 Å². The molecule has 10 heteroatoms. The molecule has 2 amide bonds. The van der Waals surface area contributed by atoms with E-state index < -0.39 is 34.7 Å². The molecule has 0 saturated carbocycles. The minimum absolute atomic E-state index is 0.0559. The van der Waals surface area contributed by atoms with Crippen molar-refractivity contribution in [1.82, 2.24) is 4.98 Å². The first-order valence-electron chi connectivity index (χ1n) is 9.55. The van der Waals surface area contributed by atoms with Gasteiger partial charge >= 0.3 is 5.82 Å². The molecule has 0 spiro atoms. The van der Waals surface area contributed by atoms with Crippen LogP contribution in [0.15, 0.2) is 36.4 Å². The predicted molar refractivity (Wildman–Crippen MR) is 109 cm³/mol. The van der Waals surface area contributed by atoms with E-state index in [0.717, 1.165) is 4.90 Å². The van der Waals surface area contributed by atoms with Gasteiger partial charge in [-0.2, -0.15) is 0 Å². The Morgan fingerprint density at radius 2 is 2.07 bits per heavy atom. The average molecular weight is 414 g/mol. The van der Waals surface area contributed by atoms with Gasteiger partial charge in [0.2, 0.25) is 5.91 Å². The maximum Gasteiger partial charge on any atom is 0.366 e. The SMILES string of the molecule is CCOc1ccccc1NC(=O)C(C)N1C(=O)C(CC)Oc2ccc([N+](=O)[O-])nc21. The number of hydrogen-bond donors (Lipinski definition) is 1. The van der Waals surface area contributed by atoms with E-state index in [9.17, 15) is 19.7 Å². The Labute approximate surface area is 172 Å². The van der Waals surface area contributed by atoms with Gasteiger partial charge in [-0.3, -0.25) is 14.5 Å². The summed E-state index contributed by atoms with van der Waals surface area (Å²) in [5.41, 5.74) is 0.455. The molecule has 2 atom stereocenters. The largest absolute Gasteiger partial charge is 0.492 e. The standard InChI is InChI=1S/C20H22N4O6/c1-4-14-20(26)23(18-16(30-14)10-11-17(22-18)24(27)28)12(3)19(25)21-13-8-6-7-9-15(13)29-5-2/h6-12,14H,4-5H2,1-3H3,(H,21,25). The molecular weight excluding hydrogens is 392 g/mol. The molecule has 10 nitrogen and oxygen atoms in total. The van der Waals surface area contributed by atoms with Crippen molar-refractivity contribution in [3.63, 3.8) is 0 Å². The maximum atomic E-state index is 13.0. The van der Waals surface area contributed by atoms with Crippen molar-refractivity contribution in [2.24, 2.45) is 0 Å². The zero-order valence-electron chi connectivity index (χ0n) is 16.8. The Kier molecular flexibility index (Phi) is 6.14. The number of fused-ring (bicyclic) bond motifs is 1. The third-order valence-corrected chi connectivity index (χ3v) is 4.60.